The van der Waals surface area contributed by atoms with Gasteiger partial charge in [-0.05, 0) is 50.5 Å². The van der Waals surface area contributed by atoms with Crippen molar-refractivity contribution in [1.82, 2.24) is 4.90 Å². The van der Waals surface area contributed by atoms with Crippen molar-refractivity contribution in [3.63, 3.8) is 0 Å². The summed E-state index contributed by atoms with van der Waals surface area (Å²) in [7, 11) is 1.56. The second kappa shape index (κ2) is 9.62. The number of carbonyl (C=O) groups is 3. The molecule has 0 aromatic heterocycles. The van der Waals surface area contributed by atoms with Crippen LogP contribution in [0.4, 0.5) is 5.69 Å². The lowest BCUT2D eigenvalue weighted by Gasteiger charge is -2.36. The Bertz CT molecular complexity index is 996. The number of hydrogen-bond acceptors (Lipinski definition) is 7. The van der Waals surface area contributed by atoms with Crippen LogP contribution in [0, 0.1) is 11.8 Å². The van der Waals surface area contributed by atoms with Crippen LogP contribution in [0.2, 0.25) is 0 Å². The number of carbonyl (C=O) groups excluding carboxylic acids is 3. The lowest BCUT2D eigenvalue weighted by Crippen LogP contribution is -2.56. The summed E-state index contributed by atoms with van der Waals surface area (Å²) in [4.78, 5) is 44.0. The van der Waals surface area contributed by atoms with Crippen molar-refractivity contribution in [1.29, 1.82) is 0 Å². The fourth-order valence-electron chi connectivity index (χ4n) is 6.30. The quantitative estimate of drug-likeness (QED) is 0.398. The number of aliphatic hydroxyl groups is 1. The molecule has 35 heavy (non-hydrogen) atoms. The van der Waals surface area contributed by atoms with Gasteiger partial charge in [0.25, 0.3) is 5.91 Å². The standard InChI is InChI=1S/C26H34N2O7/c1-5-14-27(17-8-10-18(33-4)11-9-17)23(31)21-26-13-12-25(6-2,35-26)20(24(32)34-7-3)19(26)22(30)28(21)15-16-29/h5,8-11,19-21,29H,1,6-7,12-16H2,2-4H3/t19-,20-,21?,25+,26?/m0/s1. The summed E-state index contributed by atoms with van der Waals surface area (Å²) in [6.07, 6.45) is 3.16. The van der Waals surface area contributed by atoms with E-state index in [1.807, 2.05) is 6.92 Å². The third-order valence-corrected chi connectivity index (χ3v) is 7.76. The van der Waals surface area contributed by atoms with E-state index in [1.165, 1.54) is 4.90 Å². The van der Waals surface area contributed by atoms with E-state index in [2.05, 4.69) is 6.58 Å². The molecule has 2 unspecified atom stereocenters. The summed E-state index contributed by atoms with van der Waals surface area (Å²) in [5.41, 5.74) is -1.39. The van der Waals surface area contributed by atoms with Crippen LogP contribution in [-0.4, -0.2) is 78.4 Å². The first kappa shape index (κ1) is 25.2. The van der Waals surface area contributed by atoms with Gasteiger partial charge in [-0.25, -0.2) is 0 Å². The Hall–Kier alpha value is -2.91. The maximum absolute atomic E-state index is 14.2. The molecule has 3 aliphatic heterocycles. The van der Waals surface area contributed by atoms with E-state index in [4.69, 9.17) is 14.2 Å². The first-order chi connectivity index (χ1) is 16.8. The molecule has 0 saturated carbocycles. The van der Waals surface area contributed by atoms with E-state index in [0.29, 0.717) is 30.7 Å². The van der Waals surface area contributed by atoms with Gasteiger partial charge in [-0.1, -0.05) is 13.0 Å². The van der Waals surface area contributed by atoms with Crippen molar-refractivity contribution in [2.24, 2.45) is 11.8 Å². The molecular formula is C26H34N2O7. The molecule has 1 aromatic rings. The van der Waals surface area contributed by atoms with E-state index < -0.39 is 35.0 Å². The molecule has 3 heterocycles. The number of methoxy groups -OCH3 is 1. The van der Waals surface area contributed by atoms with Crippen LogP contribution in [0.1, 0.15) is 33.1 Å². The third-order valence-electron chi connectivity index (χ3n) is 7.76. The lowest BCUT2D eigenvalue weighted by molar-refractivity contribution is -0.160. The largest absolute Gasteiger partial charge is 0.497 e. The number of likely N-dealkylation sites (tertiary alicyclic amines) is 1. The number of anilines is 1. The average Bonchev–Trinajstić information content (AvgIpc) is 3.46. The molecule has 3 saturated heterocycles. The van der Waals surface area contributed by atoms with Crippen LogP contribution >= 0.6 is 0 Å². The van der Waals surface area contributed by atoms with Crippen molar-refractivity contribution in [3.8, 4) is 5.75 Å². The van der Waals surface area contributed by atoms with Gasteiger partial charge in [0.05, 0.1) is 31.8 Å². The SMILES string of the molecule is C=CCN(C(=O)C1N(CCO)C(=O)[C@@H]2[C@@H](C(=O)OCC)[C@@]3(CC)CCC12O3)c1ccc(OC)cc1. The number of rotatable bonds is 10. The minimum Gasteiger partial charge on any atom is -0.497 e. The minimum absolute atomic E-state index is 0.0317. The topological polar surface area (TPSA) is 106 Å². The zero-order valence-electron chi connectivity index (χ0n) is 20.6. The summed E-state index contributed by atoms with van der Waals surface area (Å²) in [6, 6.07) is 6.06. The highest BCUT2D eigenvalue weighted by atomic mass is 16.6. The van der Waals surface area contributed by atoms with Gasteiger partial charge >= 0.3 is 5.97 Å². The van der Waals surface area contributed by atoms with Gasteiger partial charge in [-0.2, -0.15) is 0 Å². The highest BCUT2D eigenvalue weighted by Gasteiger charge is 2.79. The van der Waals surface area contributed by atoms with E-state index >= 15 is 0 Å². The molecule has 3 fully saturated rings. The molecule has 4 rings (SSSR count). The van der Waals surface area contributed by atoms with Crippen LogP contribution in [-0.2, 0) is 23.9 Å². The molecule has 2 bridgehead atoms. The predicted octanol–water partition coefficient (Wildman–Crippen LogP) is 1.92. The van der Waals surface area contributed by atoms with E-state index in [0.717, 1.165) is 0 Å². The van der Waals surface area contributed by atoms with Gasteiger partial charge in [0.2, 0.25) is 5.91 Å². The lowest BCUT2D eigenvalue weighted by atomic mass is 9.65. The Morgan fingerprint density at radius 3 is 2.57 bits per heavy atom. The number of fused-ring (bicyclic) bond motifs is 1. The fourth-order valence-corrected chi connectivity index (χ4v) is 6.30. The molecule has 2 amide bonds. The molecule has 0 aliphatic carbocycles. The van der Waals surface area contributed by atoms with Crippen molar-refractivity contribution >= 4 is 23.5 Å². The van der Waals surface area contributed by atoms with Gasteiger partial charge < -0.3 is 29.1 Å². The summed E-state index contributed by atoms with van der Waals surface area (Å²) >= 11 is 0. The maximum Gasteiger partial charge on any atom is 0.312 e. The molecule has 190 valence electrons. The minimum atomic E-state index is -1.16. The molecule has 3 aliphatic rings. The maximum atomic E-state index is 14.2. The summed E-state index contributed by atoms with van der Waals surface area (Å²) in [5.74, 6) is -2.13. The van der Waals surface area contributed by atoms with Crippen LogP contribution in [0.5, 0.6) is 5.75 Å². The normalized spacial score (nSPS) is 30.8. The van der Waals surface area contributed by atoms with Crippen LogP contribution in [0.3, 0.4) is 0 Å². The Morgan fingerprint density at radius 1 is 1.29 bits per heavy atom. The molecule has 0 radical (unpaired) electrons. The molecular weight excluding hydrogens is 452 g/mol. The van der Waals surface area contributed by atoms with Crippen molar-refractivity contribution in [2.75, 3.05) is 38.3 Å². The summed E-state index contributed by atoms with van der Waals surface area (Å²) < 4.78 is 17.2. The number of aliphatic hydroxyl groups excluding tert-OH is 1. The van der Waals surface area contributed by atoms with E-state index in [9.17, 15) is 19.5 Å². The van der Waals surface area contributed by atoms with Crippen molar-refractivity contribution in [2.45, 2.75) is 50.4 Å². The summed E-state index contributed by atoms with van der Waals surface area (Å²) in [5, 5.41) is 9.77. The van der Waals surface area contributed by atoms with Gasteiger partial charge in [0, 0.05) is 18.8 Å². The number of benzene rings is 1. The number of hydrogen-bond donors (Lipinski definition) is 1. The highest BCUT2D eigenvalue weighted by Crippen LogP contribution is 2.64. The van der Waals surface area contributed by atoms with E-state index in [-0.39, 0.29) is 38.1 Å². The predicted molar refractivity (Wildman–Crippen MR) is 128 cm³/mol. The Kier molecular flexibility index (Phi) is 6.92. The second-order valence-electron chi connectivity index (χ2n) is 9.28. The third kappa shape index (κ3) is 3.72. The first-order valence-corrected chi connectivity index (χ1v) is 12.2. The van der Waals surface area contributed by atoms with Gasteiger partial charge in [0.15, 0.2) is 0 Å². The molecule has 1 spiro atoms. The highest BCUT2D eigenvalue weighted by molar-refractivity contribution is 6.04. The van der Waals surface area contributed by atoms with Crippen molar-refractivity contribution < 1.29 is 33.7 Å². The molecule has 1 N–H and O–H groups in total. The van der Waals surface area contributed by atoms with Crippen LogP contribution in [0.15, 0.2) is 36.9 Å². The smallest absolute Gasteiger partial charge is 0.312 e. The van der Waals surface area contributed by atoms with Crippen LogP contribution < -0.4 is 9.64 Å². The molecule has 1 aromatic carbocycles. The number of nitrogens with zero attached hydrogens (tertiary/aromatic N) is 2. The zero-order valence-corrected chi connectivity index (χ0v) is 20.6. The summed E-state index contributed by atoms with van der Waals surface area (Å²) in [6.45, 7) is 7.51. The van der Waals surface area contributed by atoms with Gasteiger partial charge in [-0.3, -0.25) is 14.4 Å². The molecule has 9 heteroatoms. The second-order valence-corrected chi connectivity index (χ2v) is 9.28. The first-order valence-electron chi connectivity index (χ1n) is 12.2. The average molecular weight is 487 g/mol. The number of amides is 2. The molecule has 5 atom stereocenters. The number of β-amino-alcohol motifs (C(OH)–C–C–N with tert-alkyl or cyclic N) is 1. The Balaban J connectivity index is 1.79. The number of esters is 1. The molecule has 9 nitrogen and oxygen atoms in total. The van der Waals surface area contributed by atoms with Gasteiger partial charge in [0.1, 0.15) is 23.3 Å². The monoisotopic (exact) mass is 486 g/mol. The van der Waals surface area contributed by atoms with Crippen molar-refractivity contribution in [3.05, 3.63) is 36.9 Å². The van der Waals surface area contributed by atoms with Crippen LogP contribution in [0.25, 0.3) is 0 Å². The van der Waals surface area contributed by atoms with E-state index in [1.54, 1.807) is 49.3 Å². The zero-order chi connectivity index (χ0) is 25.4. The fraction of sp³-hybridized carbons (Fsp3) is 0.577. The van der Waals surface area contributed by atoms with Gasteiger partial charge in [-0.15, -0.1) is 6.58 Å². The number of ether oxygens (including phenoxy) is 3. The Labute approximate surface area is 205 Å². The Morgan fingerprint density at radius 2 is 2.00 bits per heavy atom.